The van der Waals surface area contributed by atoms with E-state index in [-0.39, 0.29) is 0 Å². The van der Waals surface area contributed by atoms with Gasteiger partial charge in [0.05, 0.1) is 0 Å². The minimum Gasteiger partial charge on any atom is -0.0625 e. The second-order valence-corrected chi connectivity index (χ2v) is 5.10. The highest BCUT2D eigenvalue weighted by molar-refractivity contribution is 4.79. The van der Waals surface area contributed by atoms with Crippen LogP contribution in [0.1, 0.15) is 53.4 Å². The third-order valence-electron chi connectivity index (χ3n) is 3.59. The van der Waals surface area contributed by atoms with Gasteiger partial charge in [0.1, 0.15) is 0 Å². The van der Waals surface area contributed by atoms with E-state index >= 15 is 0 Å². The second-order valence-electron chi connectivity index (χ2n) is 5.10. The molecule has 0 aromatic carbocycles. The quantitative estimate of drug-likeness (QED) is 0.582. The lowest BCUT2D eigenvalue weighted by Gasteiger charge is -2.37. The normalized spacial score (nSPS) is 31.5. The molecule has 0 heteroatoms. The smallest absolute Gasteiger partial charge is 0.0360 e. The summed E-state index contributed by atoms with van der Waals surface area (Å²) >= 11 is 0. The molecule has 1 rings (SSSR count). The zero-order chi connectivity index (χ0) is 9.14. The van der Waals surface area contributed by atoms with E-state index < -0.39 is 0 Å². The van der Waals surface area contributed by atoms with Crippen LogP contribution in [-0.2, 0) is 0 Å². The zero-order valence-corrected chi connectivity index (χ0v) is 9.14. The van der Waals surface area contributed by atoms with Gasteiger partial charge in [-0.25, -0.2) is 0 Å². The lowest BCUT2D eigenvalue weighted by atomic mass is 9.69. The van der Waals surface area contributed by atoms with E-state index in [2.05, 4.69) is 27.7 Å². The van der Waals surface area contributed by atoms with Crippen molar-refractivity contribution in [3.63, 3.8) is 0 Å². The van der Waals surface area contributed by atoms with E-state index in [0.717, 1.165) is 23.7 Å². The van der Waals surface area contributed by atoms with Gasteiger partial charge in [-0.1, -0.05) is 40.5 Å². The molecule has 0 bridgehead atoms. The van der Waals surface area contributed by atoms with Gasteiger partial charge in [0.2, 0.25) is 0 Å². The molecule has 72 valence electrons. The van der Waals surface area contributed by atoms with E-state index in [0.29, 0.717) is 0 Å². The van der Waals surface area contributed by atoms with E-state index in [1.807, 2.05) is 0 Å². The van der Waals surface area contributed by atoms with Crippen LogP contribution < -0.4 is 0 Å². The van der Waals surface area contributed by atoms with Gasteiger partial charge in [-0.3, -0.25) is 0 Å². The molecule has 0 N–H and O–H groups in total. The Labute approximate surface area is 77.7 Å². The molecule has 1 aliphatic carbocycles. The molecule has 1 aliphatic rings. The standard InChI is InChI=1S/C12H24/c1-9(2)11-7-5-6-8-12(11)10(3)4/h9-12H,5-8H2,1-4H3/t11-,12?/m1/s1. The van der Waals surface area contributed by atoms with Gasteiger partial charge in [-0.05, 0) is 36.5 Å². The molecule has 0 radical (unpaired) electrons. The second kappa shape index (κ2) is 4.30. The van der Waals surface area contributed by atoms with Gasteiger partial charge in [0, 0.05) is 0 Å². The van der Waals surface area contributed by atoms with Crippen molar-refractivity contribution in [1.82, 2.24) is 0 Å². The molecule has 0 spiro atoms. The highest BCUT2D eigenvalue weighted by Crippen LogP contribution is 2.38. The Kier molecular flexibility index (Phi) is 3.61. The van der Waals surface area contributed by atoms with Crippen LogP contribution in [0.4, 0.5) is 0 Å². The summed E-state index contributed by atoms with van der Waals surface area (Å²) in [6.45, 7) is 9.58. The van der Waals surface area contributed by atoms with E-state index in [9.17, 15) is 0 Å². The van der Waals surface area contributed by atoms with Crippen molar-refractivity contribution in [2.45, 2.75) is 53.4 Å². The van der Waals surface area contributed by atoms with Crippen molar-refractivity contribution in [1.29, 1.82) is 0 Å². The van der Waals surface area contributed by atoms with Crippen LogP contribution in [0.5, 0.6) is 0 Å². The average Bonchev–Trinajstić information content (AvgIpc) is 2.04. The number of rotatable bonds is 2. The van der Waals surface area contributed by atoms with Crippen molar-refractivity contribution in [3.05, 3.63) is 0 Å². The van der Waals surface area contributed by atoms with Gasteiger partial charge in [0.15, 0.2) is 0 Å². The van der Waals surface area contributed by atoms with Crippen LogP contribution in [-0.4, -0.2) is 0 Å². The summed E-state index contributed by atoms with van der Waals surface area (Å²) in [5.74, 6) is 3.83. The minimum atomic E-state index is 0.901. The summed E-state index contributed by atoms with van der Waals surface area (Å²) in [5, 5.41) is 0. The van der Waals surface area contributed by atoms with Gasteiger partial charge >= 0.3 is 0 Å². The van der Waals surface area contributed by atoms with Crippen molar-refractivity contribution in [2.24, 2.45) is 23.7 Å². The maximum Gasteiger partial charge on any atom is -0.0360 e. The fourth-order valence-corrected chi connectivity index (χ4v) is 2.84. The summed E-state index contributed by atoms with van der Waals surface area (Å²) in [4.78, 5) is 0. The van der Waals surface area contributed by atoms with Crippen LogP contribution in [0.15, 0.2) is 0 Å². The maximum absolute atomic E-state index is 2.39. The van der Waals surface area contributed by atoms with Crippen molar-refractivity contribution >= 4 is 0 Å². The highest BCUT2D eigenvalue weighted by atomic mass is 14.3. The first-order valence-electron chi connectivity index (χ1n) is 5.63. The molecule has 0 heterocycles. The molecule has 1 fully saturated rings. The topological polar surface area (TPSA) is 0 Å². The first-order chi connectivity index (χ1) is 5.63. The maximum atomic E-state index is 2.39. The zero-order valence-electron chi connectivity index (χ0n) is 9.14. The summed E-state index contributed by atoms with van der Waals surface area (Å²) in [5.41, 5.74) is 0. The molecule has 0 amide bonds. The lowest BCUT2D eigenvalue weighted by molar-refractivity contribution is 0.136. The van der Waals surface area contributed by atoms with Crippen LogP contribution in [0.2, 0.25) is 0 Å². The fourth-order valence-electron chi connectivity index (χ4n) is 2.84. The molecule has 0 aromatic rings. The summed E-state index contributed by atoms with van der Waals surface area (Å²) in [7, 11) is 0. The Balaban J connectivity index is 2.54. The van der Waals surface area contributed by atoms with Crippen molar-refractivity contribution in [3.8, 4) is 0 Å². The molecule has 2 atom stereocenters. The largest absolute Gasteiger partial charge is 0.0625 e. The minimum absolute atomic E-state index is 0.901. The molecule has 1 unspecified atom stereocenters. The molecule has 0 nitrogen and oxygen atoms in total. The molecule has 12 heavy (non-hydrogen) atoms. The monoisotopic (exact) mass is 168 g/mol. The molecular weight excluding hydrogens is 144 g/mol. The van der Waals surface area contributed by atoms with Gasteiger partial charge in [-0.15, -0.1) is 0 Å². The Hall–Kier alpha value is 0. The van der Waals surface area contributed by atoms with E-state index in [1.54, 1.807) is 0 Å². The molecule has 0 aromatic heterocycles. The molecule has 0 aliphatic heterocycles. The van der Waals surface area contributed by atoms with Crippen molar-refractivity contribution in [2.75, 3.05) is 0 Å². The Morgan fingerprint density at radius 1 is 0.750 bits per heavy atom. The van der Waals surface area contributed by atoms with Crippen LogP contribution in [0.25, 0.3) is 0 Å². The summed E-state index contributed by atoms with van der Waals surface area (Å²) in [6.07, 6.45) is 5.93. The van der Waals surface area contributed by atoms with E-state index in [4.69, 9.17) is 0 Å². The van der Waals surface area contributed by atoms with Crippen molar-refractivity contribution < 1.29 is 0 Å². The molecular formula is C12H24. The summed E-state index contributed by atoms with van der Waals surface area (Å²) in [6, 6.07) is 0. The molecule has 0 saturated heterocycles. The van der Waals surface area contributed by atoms with Crippen LogP contribution in [0.3, 0.4) is 0 Å². The third kappa shape index (κ3) is 2.24. The van der Waals surface area contributed by atoms with Gasteiger partial charge in [0.25, 0.3) is 0 Å². The Bertz CT molecular complexity index is 108. The number of hydrogen-bond acceptors (Lipinski definition) is 0. The van der Waals surface area contributed by atoms with Crippen LogP contribution in [0, 0.1) is 23.7 Å². The molecule has 1 saturated carbocycles. The SMILES string of the molecule is CC(C)C1CCCC[C@@H]1C(C)C. The Morgan fingerprint density at radius 2 is 1.08 bits per heavy atom. The average molecular weight is 168 g/mol. The first kappa shape index (κ1) is 10.1. The lowest BCUT2D eigenvalue weighted by Crippen LogP contribution is -2.27. The Morgan fingerprint density at radius 3 is 1.33 bits per heavy atom. The van der Waals surface area contributed by atoms with Gasteiger partial charge in [-0.2, -0.15) is 0 Å². The predicted octanol–water partition coefficient (Wildman–Crippen LogP) is 4.10. The van der Waals surface area contributed by atoms with E-state index in [1.165, 1.54) is 25.7 Å². The van der Waals surface area contributed by atoms with Crippen LogP contribution >= 0.6 is 0 Å². The third-order valence-corrected chi connectivity index (χ3v) is 3.59. The van der Waals surface area contributed by atoms with Gasteiger partial charge < -0.3 is 0 Å². The summed E-state index contributed by atoms with van der Waals surface area (Å²) < 4.78 is 0. The fraction of sp³-hybridized carbons (Fsp3) is 1.00. The number of hydrogen-bond donors (Lipinski definition) is 0. The predicted molar refractivity (Wildman–Crippen MR) is 55.1 cm³/mol. The highest BCUT2D eigenvalue weighted by Gasteiger charge is 2.29. The first-order valence-corrected chi connectivity index (χ1v) is 5.63.